The standard InChI is InChI=1S/C21H15NO3S/c23-21(24-14-15-8-3-1-4-9-15)18-19(17-12-7-13-26-17)25-20(22-18)16-10-5-2-6-11-16/h1-13H,14H2. The summed E-state index contributed by atoms with van der Waals surface area (Å²) >= 11 is 1.49. The van der Waals surface area contributed by atoms with Gasteiger partial charge in [-0.05, 0) is 29.1 Å². The van der Waals surface area contributed by atoms with Gasteiger partial charge < -0.3 is 9.15 Å². The molecule has 4 aromatic rings. The van der Waals surface area contributed by atoms with Crippen molar-refractivity contribution in [3.8, 4) is 22.1 Å². The summed E-state index contributed by atoms with van der Waals surface area (Å²) in [4.78, 5) is 17.9. The number of ether oxygens (including phenoxy) is 1. The Balaban J connectivity index is 1.65. The molecule has 0 aliphatic carbocycles. The lowest BCUT2D eigenvalue weighted by molar-refractivity contribution is 0.0467. The van der Waals surface area contributed by atoms with Gasteiger partial charge in [0.2, 0.25) is 5.89 Å². The van der Waals surface area contributed by atoms with Crippen molar-refractivity contribution in [1.82, 2.24) is 4.98 Å². The average molecular weight is 361 g/mol. The van der Waals surface area contributed by atoms with Crippen LogP contribution >= 0.6 is 11.3 Å². The van der Waals surface area contributed by atoms with Gasteiger partial charge in [0, 0.05) is 5.56 Å². The minimum Gasteiger partial charge on any atom is -0.456 e. The maximum absolute atomic E-state index is 12.6. The fraction of sp³-hybridized carbons (Fsp3) is 0.0476. The Morgan fingerprint density at radius 2 is 1.69 bits per heavy atom. The highest BCUT2D eigenvalue weighted by molar-refractivity contribution is 7.13. The van der Waals surface area contributed by atoms with E-state index in [1.54, 1.807) is 0 Å². The second kappa shape index (κ2) is 7.37. The molecular weight excluding hydrogens is 346 g/mol. The molecule has 0 atom stereocenters. The third-order valence-electron chi connectivity index (χ3n) is 3.80. The molecular formula is C21H15NO3S. The van der Waals surface area contributed by atoms with E-state index in [9.17, 15) is 4.79 Å². The monoisotopic (exact) mass is 361 g/mol. The van der Waals surface area contributed by atoms with Crippen molar-refractivity contribution in [2.75, 3.05) is 0 Å². The number of benzene rings is 2. The van der Waals surface area contributed by atoms with Crippen molar-refractivity contribution >= 4 is 17.3 Å². The van der Waals surface area contributed by atoms with Crippen LogP contribution in [0.15, 0.2) is 82.6 Å². The van der Waals surface area contributed by atoms with E-state index in [1.807, 2.05) is 78.2 Å². The predicted octanol–water partition coefficient (Wildman–Crippen LogP) is 5.43. The van der Waals surface area contributed by atoms with E-state index < -0.39 is 5.97 Å². The number of carbonyl (C=O) groups is 1. The zero-order valence-electron chi connectivity index (χ0n) is 13.8. The summed E-state index contributed by atoms with van der Waals surface area (Å²) in [6, 6.07) is 22.9. The number of thiophene rings is 1. The van der Waals surface area contributed by atoms with Gasteiger partial charge in [-0.3, -0.25) is 0 Å². The molecule has 4 nitrogen and oxygen atoms in total. The molecule has 0 aliphatic heterocycles. The number of oxazole rings is 1. The quantitative estimate of drug-likeness (QED) is 0.445. The Morgan fingerprint density at radius 3 is 2.38 bits per heavy atom. The third kappa shape index (κ3) is 3.43. The molecule has 0 saturated carbocycles. The van der Waals surface area contributed by atoms with Gasteiger partial charge in [-0.25, -0.2) is 9.78 Å². The summed E-state index contributed by atoms with van der Waals surface area (Å²) in [7, 11) is 0. The van der Waals surface area contributed by atoms with E-state index in [4.69, 9.17) is 9.15 Å². The molecule has 0 fully saturated rings. The van der Waals surface area contributed by atoms with Crippen molar-refractivity contribution < 1.29 is 13.9 Å². The molecule has 128 valence electrons. The molecule has 0 unspecified atom stereocenters. The lowest BCUT2D eigenvalue weighted by Crippen LogP contribution is -2.07. The molecule has 5 heteroatoms. The van der Waals surface area contributed by atoms with Gasteiger partial charge in [0.15, 0.2) is 11.5 Å². The predicted molar refractivity (Wildman–Crippen MR) is 101 cm³/mol. The van der Waals surface area contributed by atoms with Crippen LogP contribution in [0.25, 0.3) is 22.1 Å². The zero-order chi connectivity index (χ0) is 17.8. The van der Waals surface area contributed by atoms with Crippen LogP contribution in [0.3, 0.4) is 0 Å². The molecule has 2 aromatic carbocycles. The van der Waals surface area contributed by atoms with Gasteiger partial charge in [0.1, 0.15) is 6.61 Å². The van der Waals surface area contributed by atoms with Crippen LogP contribution in [0.2, 0.25) is 0 Å². The van der Waals surface area contributed by atoms with Crippen molar-refractivity contribution in [3.05, 3.63) is 89.4 Å². The van der Waals surface area contributed by atoms with E-state index >= 15 is 0 Å². The van der Waals surface area contributed by atoms with E-state index in [0.717, 1.165) is 16.0 Å². The van der Waals surface area contributed by atoms with Crippen molar-refractivity contribution in [3.63, 3.8) is 0 Å². The first-order valence-corrected chi connectivity index (χ1v) is 9.00. The largest absolute Gasteiger partial charge is 0.456 e. The smallest absolute Gasteiger partial charge is 0.361 e. The molecule has 2 aromatic heterocycles. The number of aromatic nitrogens is 1. The third-order valence-corrected chi connectivity index (χ3v) is 4.67. The number of carbonyl (C=O) groups excluding carboxylic acids is 1. The minimum atomic E-state index is -0.497. The van der Waals surface area contributed by atoms with Crippen molar-refractivity contribution in [2.45, 2.75) is 6.61 Å². The van der Waals surface area contributed by atoms with Gasteiger partial charge in [-0.15, -0.1) is 11.3 Å². The Hall–Kier alpha value is -3.18. The van der Waals surface area contributed by atoms with Crippen molar-refractivity contribution in [2.24, 2.45) is 0 Å². The van der Waals surface area contributed by atoms with E-state index in [1.165, 1.54) is 11.3 Å². The van der Waals surface area contributed by atoms with Crippen LogP contribution in [0.5, 0.6) is 0 Å². The molecule has 2 heterocycles. The first-order chi connectivity index (χ1) is 12.8. The Kier molecular flexibility index (Phi) is 4.62. The van der Waals surface area contributed by atoms with E-state index in [-0.39, 0.29) is 12.3 Å². The molecule has 0 amide bonds. The highest BCUT2D eigenvalue weighted by atomic mass is 32.1. The minimum absolute atomic E-state index is 0.192. The fourth-order valence-electron chi connectivity index (χ4n) is 2.53. The Labute approximate surface area is 154 Å². The molecule has 0 aliphatic rings. The van der Waals surface area contributed by atoms with Crippen molar-refractivity contribution in [1.29, 1.82) is 0 Å². The highest BCUT2D eigenvalue weighted by Crippen LogP contribution is 2.33. The van der Waals surface area contributed by atoms with Crippen LogP contribution < -0.4 is 0 Å². The number of esters is 1. The summed E-state index contributed by atoms with van der Waals surface area (Å²) in [5.41, 5.74) is 1.93. The molecule has 26 heavy (non-hydrogen) atoms. The number of hydrogen-bond donors (Lipinski definition) is 0. The van der Waals surface area contributed by atoms with E-state index in [0.29, 0.717) is 11.7 Å². The Morgan fingerprint density at radius 1 is 0.962 bits per heavy atom. The summed E-state index contributed by atoms with van der Waals surface area (Å²) in [6.45, 7) is 0.192. The van der Waals surface area contributed by atoms with Crippen LogP contribution in [-0.2, 0) is 11.3 Å². The van der Waals surface area contributed by atoms with Gasteiger partial charge in [-0.2, -0.15) is 0 Å². The Bertz CT molecular complexity index is 992. The lowest BCUT2D eigenvalue weighted by Gasteiger charge is -2.03. The second-order valence-corrected chi connectivity index (χ2v) is 6.55. The average Bonchev–Trinajstić information content (AvgIpc) is 3.37. The molecule has 4 rings (SSSR count). The number of hydrogen-bond acceptors (Lipinski definition) is 5. The zero-order valence-corrected chi connectivity index (χ0v) is 14.6. The first-order valence-electron chi connectivity index (χ1n) is 8.12. The molecule has 0 spiro atoms. The normalized spacial score (nSPS) is 10.6. The van der Waals surface area contributed by atoms with Gasteiger partial charge in [0.05, 0.1) is 4.88 Å². The van der Waals surface area contributed by atoms with Crippen LogP contribution in [0, 0.1) is 0 Å². The maximum atomic E-state index is 12.6. The second-order valence-electron chi connectivity index (χ2n) is 5.60. The van der Waals surface area contributed by atoms with Gasteiger partial charge in [0.25, 0.3) is 0 Å². The molecule has 0 N–H and O–H groups in total. The van der Waals surface area contributed by atoms with E-state index in [2.05, 4.69) is 4.98 Å². The first kappa shape index (κ1) is 16.3. The summed E-state index contributed by atoms with van der Waals surface area (Å²) in [6.07, 6.45) is 0. The van der Waals surface area contributed by atoms with Crippen LogP contribution in [0.1, 0.15) is 16.1 Å². The lowest BCUT2D eigenvalue weighted by atomic mass is 10.2. The van der Waals surface area contributed by atoms with Gasteiger partial charge >= 0.3 is 5.97 Å². The topological polar surface area (TPSA) is 52.3 Å². The molecule has 0 radical (unpaired) electrons. The number of rotatable bonds is 5. The van der Waals surface area contributed by atoms with Gasteiger partial charge in [-0.1, -0.05) is 54.6 Å². The summed E-state index contributed by atoms with van der Waals surface area (Å²) in [5.74, 6) is 0.348. The SMILES string of the molecule is O=C(OCc1ccccc1)c1nc(-c2ccccc2)oc1-c1cccs1. The molecule has 0 saturated heterocycles. The molecule has 0 bridgehead atoms. The van der Waals surface area contributed by atoms with Crippen LogP contribution in [-0.4, -0.2) is 11.0 Å². The number of nitrogens with zero attached hydrogens (tertiary/aromatic N) is 1. The highest BCUT2D eigenvalue weighted by Gasteiger charge is 2.24. The van der Waals surface area contributed by atoms with Crippen LogP contribution in [0.4, 0.5) is 0 Å². The summed E-state index contributed by atoms with van der Waals surface area (Å²) < 4.78 is 11.4. The maximum Gasteiger partial charge on any atom is 0.361 e. The fourth-order valence-corrected chi connectivity index (χ4v) is 3.24. The summed E-state index contributed by atoms with van der Waals surface area (Å²) in [5, 5.41) is 1.93.